The largest absolute Gasteiger partial charge is 0.397 e. The quantitative estimate of drug-likeness (QED) is 0.637. The van der Waals surface area contributed by atoms with Crippen LogP contribution in [0.4, 0.5) is 11.4 Å². The van der Waals surface area contributed by atoms with Crippen LogP contribution in [0.1, 0.15) is 5.56 Å². The molecule has 0 amide bonds. The van der Waals surface area contributed by atoms with E-state index < -0.39 is 0 Å². The third kappa shape index (κ3) is 1.94. The molecule has 1 aromatic rings. The molecule has 1 aromatic carbocycles. The number of rotatable bonds is 3. The first-order valence-electron chi connectivity index (χ1n) is 7.44. The van der Waals surface area contributed by atoms with E-state index >= 15 is 0 Å². The number of fused-ring (bicyclic) bond motifs is 1. The lowest BCUT2D eigenvalue weighted by Gasteiger charge is -2.40. The van der Waals surface area contributed by atoms with E-state index in [1.807, 2.05) is 13.1 Å². The Kier molecular flexibility index (Phi) is 2.79. The minimum atomic E-state index is 0.426. The summed E-state index contributed by atoms with van der Waals surface area (Å²) in [4.78, 5) is 0. The van der Waals surface area contributed by atoms with Gasteiger partial charge in [0.25, 0.3) is 0 Å². The molecule has 1 unspecified atom stereocenters. The number of benzene rings is 1. The Bertz CT molecular complexity index is 680. The van der Waals surface area contributed by atoms with Crippen LogP contribution in [0, 0.1) is 5.92 Å². The van der Waals surface area contributed by atoms with E-state index in [2.05, 4.69) is 46.4 Å². The van der Waals surface area contributed by atoms with Gasteiger partial charge in [-0.2, -0.15) is 0 Å². The van der Waals surface area contributed by atoms with Crippen molar-refractivity contribution < 1.29 is 0 Å². The third-order valence-corrected chi connectivity index (χ3v) is 4.63. The summed E-state index contributed by atoms with van der Waals surface area (Å²) >= 11 is 0. The molecule has 21 heavy (non-hydrogen) atoms. The molecule has 0 aromatic heterocycles. The number of anilines is 2. The molecular formula is C17H20N4. The van der Waals surface area contributed by atoms with Crippen molar-refractivity contribution in [3.05, 3.63) is 53.3 Å². The van der Waals surface area contributed by atoms with Crippen molar-refractivity contribution in [1.82, 2.24) is 10.6 Å². The van der Waals surface area contributed by atoms with Crippen LogP contribution in [-0.4, -0.2) is 26.2 Å². The maximum atomic E-state index is 6.10. The molecular weight excluding hydrogens is 260 g/mol. The second-order valence-electron chi connectivity index (χ2n) is 5.90. The molecule has 0 radical (unpaired) electrons. The van der Waals surface area contributed by atoms with Crippen molar-refractivity contribution in [3.8, 4) is 0 Å². The predicted octanol–water partition coefficient (Wildman–Crippen LogP) is 1.71. The standard InChI is InChI=1S/C17H20N4/c1-19-16-3-2-10(6-15(16)18)11-4-12-9-21-17(12)14(5-11)13-7-20-8-13/h2-6,9,13,17,19-21H,7-8,18H2,1H3. The fourth-order valence-electron chi connectivity index (χ4n) is 3.18. The second kappa shape index (κ2) is 4.67. The topological polar surface area (TPSA) is 62.1 Å². The van der Waals surface area contributed by atoms with Gasteiger partial charge in [-0.15, -0.1) is 0 Å². The van der Waals surface area contributed by atoms with E-state index in [-0.39, 0.29) is 0 Å². The van der Waals surface area contributed by atoms with Gasteiger partial charge in [0.15, 0.2) is 0 Å². The molecule has 2 heterocycles. The minimum Gasteiger partial charge on any atom is -0.397 e. The first-order chi connectivity index (χ1) is 10.3. The van der Waals surface area contributed by atoms with Crippen LogP contribution in [0.5, 0.6) is 0 Å². The van der Waals surface area contributed by atoms with Gasteiger partial charge in [0.2, 0.25) is 0 Å². The number of hydrogen-bond donors (Lipinski definition) is 4. The zero-order chi connectivity index (χ0) is 14.4. The summed E-state index contributed by atoms with van der Waals surface area (Å²) in [6.45, 7) is 2.18. The SMILES string of the molecule is CNc1ccc(C2=CC3=CNC3C(C3CNC3)=C2)cc1N. The van der Waals surface area contributed by atoms with Crippen molar-refractivity contribution in [2.24, 2.45) is 5.92 Å². The highest BCUT2D eigenvalue weighted by Crippen LogP contribution is 2.37. The van der Waals surface area contributed by atoms with Gasteiger partial charge in [-0.1, -0.05) is 12.1 Å². The first-order valence-corrected chi connectivity index (χ1v) is 7.44. The van der Waals surface area contributed by atoms with Gasteiger partial charge in [0, 0.05) is 32.3 Å². The molecule has 4 heteroatoms. The van der Waals surface area contributed by atoms with Crippen LogP contribution in [0.25, 0.3) is 5.57 Å². The van der Waals surface area contributed by atoms with Gasteiger partial charge in [-0.25, -0.2) is 0 Å². The summed E-state index contributed by atoms with van der Waals surface area (Å²) in [5, 5.41) is 9.88. The monoisotopic (exact) mass is 280 g/mol. The van der Waals surface area contributed by atoms with Crippen LogP contribution in [-0.2, 0) is 0 Å². The summed E-state index contributed by atoms with van der Waals surface area (Å²) in [7, 11) is 1.89. The van der Waals surface area contributed by atoms with Gasteiger partial charge in [-0.05, 0) is 40.5 Å². The Morgan fingerprint density at radius 1 is 1.24 bits per heavy atom. The van der Waals surface area contributed by atoms with Crippen LogP contribution in [0.2, 0.25) is 0 Å². The number of nitrogens with two attached hydrogens (primary N) is 1. The molecule has 1 atom stereocenters. The van der Waals surface area contributed by atoms with Crippen LogP contribution < -0.4 is 21.7 Å². The Labute approximate surface area is 124 Å². The van der Waals surface area contributed by atoms with Gasteiger partial charge in [0.05, 0.1) is 17.4 Å². The maximum Gasteiger partial charge on any atom is 0.0743 e. The van der Waals surface area contributed by atoms with Crippen molar-refractivity contribution in [2.75, 3.05) is 31.2 Å². The lowest BCUT2D eigenvalue weighted by Crippen LogP contribution is -2.50. The highest BCUT2D eigenvalue weighted by atomic mass is 15.0. The molecule has 0 saturated carbocycles. The minimum absolute atomic E-state index is 0.426. The summed E-state index contributed by atoms with van der Waals surface area (Å²) < 4.78 is 0. The molecule has 3 aliphatic rings. The van der Waals surface area contributed by atoms with Gasteiger partial charge in [0.1, 0.15) is 0 Å². The Hall–Kier alpha value is -2.20. The third-order valence-electron chi connectivity index (χ3n) is 4.63. The first kappa shape index (κ1) is 12.5. The number of nitrogen functional groups attached to an aromatic ring is 1. The maximum absolute atomic E-state index is 6.10. The van der Waals surface area contributed by atoms with E-state index in [0.29, 0.717) is 12.0 Å². The predicted molar refractivity (Wildman–Crippen MR) is 87.8 cm³/mol. The fraction of sp³-hybridized carbons (Fsp3) is 0.294. The van der Waals surface area contributed by atoms with E-state index in [4.69, 9.17) is 5.73 Å². The van der Waals surface area contributed by atoms with Crippen molar-refractivity contribution >= 4 is 16.9 Å². The van der Waals surface area contributed by atoms with Crippen molar-refractivity contribution in [2.45, 2.75) is 6.04 Å². The molecule has 1 aliphatic carbocycles. The highest BCUT2D eigenvalue weighted by Gasteiger charge is 2.34. The number of nitrogens with one attached hydrogen (secondary N) is 3. The average molecular weight is 280 g/mol. The molecule has 0 bridgehead atoms. The van der Waals surface area contributed by atoms with Crippen molar-refractivity contribution in [1.29, 1.82) is 0 Å². The lowest BCUT2D eigenvalue weighted by molar-refractivity contribution is 0.376. The molecule has 1 fully saturated rings. The Balaban J connectivity index is 1.72. The zero-order valence-corrected chi connectivity index (χ0v) is 12.1. The van der Waals surface area contributed by atoms with Gasteiger partial charge >= 0.3 is 0 Å². The summed E-state index contributed by atoms with van der Waals surface area (Å²) in [6.07, 6.45) is 6.72. The summed E-state index contributed by atoms with van der Waals surface area (Å²) in [5.74, 6) is 0.656. The molecule has 4 nitrogen and oxygen atoms in total. The normalized spacial score (nSPS) is 23.7. The van der Waals surface area contributed by atoms with E-state index in [1.165, 1.54) is 22.3 Å². The number of hydrogen-bond acceptors (Lipinski definition) is 4. The van der Waals surface area contributed by atoms with E-state index in [1.54, 1.807) is 0 Å². The van der Waals surface area contributed by atoms with Crippen LogP contribution in [0.3, 0.4) is 0 Å². The summed E-state index contributed by atoms with van der Waals surface area (Å²) in [5.41, 5.74) is 13.2. The Morgan fingerprint density at radius 3 is 2.67 bits per heavy atom. The molecule has 1 saturated heterocycles. The zero-order valence-electron chi connectivity index (χ0n) is 12.1. The molecule has 4 rings (SSSR count). The Morgan fingerprint density at radius 2 is 2.10 bits per heavy atom. The van der Waals surface area contributed by atoms with E-state index in [9.17, 15) is 0 Å². The molecule has 108 valence electrons. The van der Waals surface area contributed by atoms with Crippen molar-refractivity contribution in [3.63, 3.8) is 0 Å². The highest BCUT2D eigenvalue weighted by molar-refractivity contribution is 5.84. The number of allylic oxidation sites excluding steroid dienone is 2. The van der Waals surface area contributed by atoms with Gasteiger partial charge in [-0.3, -0.25) is 0 Å². The van der Waals surface area contributed by atoms with E-state index in [0.717, 1.165) is 24.5 Å². The smallest absolute Gasteiger partial charge is 0.0743 e. The van der Waals surface area contributed by atoms with Gasteiger partial charge < -0.3 is 21.7 Å². The van der Waals surface area contributed by atoms with Crippen LogP contribution >= 0.6 is 0 Å². The molecule has 0 spiro atoms. The molecule has 5 N–H and O–H groups in total. The fourth-order valence-corrected chi connectivity index (χ4v) is 3.18. The molecule has 2 aliphatic heterocycles. The summed E-state index contributed by atoms with van der Waals surface area (Å²) in [6, 6.07) is 6.66. The second-order valence-corrected chi connectivity index (χ2v) is 5.90. The van der Waals surface area contributed by atoms with Crippen LogP contribution in [0.15, 0.2) is 47.7 Å². The lowest BCUT2D eigenvalue weighted by atomic mass is 9.77. The average Bonchev–Trinajstić information content (AvgIpc) is 2.38.